The van der Waals surface area contributed by atoms with Gasteiger partial charge in [0.1, 0.15) is 24.0 Å². The van der Waals surface area contributed by atoms with Crippen LogP contribution in [0.5, 0.6) is 11.9 Å². The lowest BCUT2D eigenvalue weighted by atomic mass is 9.95. The van der Waals surface area contributed by atoms with Crippen LogP contribution in [-0.2, 0) is 11.0 Å². The van der Waals surface area contributed by atoms with E-state index >= 15 is 4.39 Å². The molecule has 2 aromatic heterocycles. The molecule has 4 heterocycles. The number of hydrogen-bond donors (Lipinski definition) is 1. The number of alkyl halides is 3. The van der Waals surface area contributed by atoms with Crippen molar-refractivity contribution in [2.75, 3.05) is 39.0 Å². The summed E-state index contributed by atoms with van der Waals surface area (Å²) in [6.07, 6.45) is -0.968. The lowest BCUT2D eigenvalue weighted by Gasteiger charge is -2.21. The van der Waals surface area contributed by atoms with Crippen LogP contribution in [0.4, 0.5) is 27.1 Å². The number of likely N-dealkylation sites (N-methyl/N-ethyl adjacent to an activating group) is 1. The largest absolute Gasteiger partial charge is 0.472 e. The minimum atomic E-state index is -5.05. The van der Waals surface area contributed by atoms with Crippen molar-refractivity contribution in [2.45, 2.75) is 44.0 Å². The number of ether oxygens (including phenoxy) is 2. The van der Waals surface area contributed by atoms with Gasteiger partial charge in [0.15, 0.2) is 10.9 Å². The first-order chi connectivity index (χ1) is 21.9. The van der Waals surface area contributed by atoms with Gasteiger partial charge in [0, 0.05) is 36.7 Å². The van der Waals surface area contributed by atoms with Crippen LogP contribution in [0.1, 0.15) is 31.2 Å². The highest BCUT2D eigenvalue weighted by atomic mass is 32.1. The lowest BCUT2D eigenvalue weighted by molar-refractivity contribution is -0.137. The van der Waals surface area contributed by atoms with Crippen molar-refractivity contribution in [3.8, 4) is 23.0 Å². The van der Waals surface area contributed by atoms with Gasteiger partial charge in [-0.2, -0.15) is 23.1 Å². The van der Waals surface area contributed by atoms with Crippen molar-refractivity contribution >= 4 is 43.5 Å². The van der Waals surface area contributed by atoms with Crippen molar-refractivity contribution in [1.29, 1.82) is 0 Å². The van der Waals surface area contributed by atoms with E-state index in [0.29, 0.717) is 13.0 Å². The van der Waals surface area contributed by atoms with Crippen LogP contribution < -0.4 is 15.2 Å². The molecule has 7 rings (SSSR count). The second-order valence-electron chi connectivity index (χ2n) is 12.2. The number of fused-ring (bicyclic) bond motifs is 2. The molecule has 4 aromatic rings. The van der Waals surface area contributed by atoms with Gasteiger partial charge >= 0.3 is 12.2 Å². The van der Waals surface area contributed by atoms with Gasteiger partial charge in [-0.15, -0.1) is 0 Å². The molecule has 1 saturated carbocycles. The maximum absolute atomic E-state index is 16.7. The fraction of sp³-hybridized carbons (Fsp3) is 0.419. The Hall–Kier alpha value is -4.11. The molecule has 0 bridgehead atoms. The van der Waals surface area contributed by atoms with E-state index in [0.717, 1.165) is 61.4 Å². The summed E-state index contributed by atoms with van der Waals surface area (Å²) < 4.78 is 87.2. The number of rotatable bonds is 7. The highest BCUT2D eigenvalue weighted by Gasteiger charge is 2.51. The molecule has 2 saturated heterocycles. The Balaban J connectivity index is 1.36. The van der Waals surface area contributed by atoms with Gasteiger partial charge in [0.2, 0.25) is 11.8 Å². The van der Waals surface area contributed by atoms with E-state index in [1.807, 2.05) is 7.05 Å². The maximum atomic E-state index is 16.7. The van der Waals surface area contributed by atoms with Gasteiger partial charge in [-0.1, -0.05) is 17.9 Å². The summed E-state index contributed by atoms with van der Waals surface area (Å²) in [4.78, 5) is 28.4. The van der Waals surface area contributed by atoms with E-state index < -0.39 is 40.6 Å². The zero-order valence-corrected chi connectivity index (χ0v) is 25.5. The Bertz CT molecular complexity index is 1890. The molecule has 2 aliphatic heterocycles. The van der Waals surface area contributed by atoms with Gasteiger partial charge < -0.3 is 20.1 Å². The number of nitrogens with two attached hydrogens (primary N) is 1. The van der Waals surface area contributed by atoms with Crippen LogP contribution >= 0.6 is 11.3 Å². The topological polar surface area (TPSA) is 107 Å². The molecule has 3 fully saturated rings. The van der Waals surface area contributed by atoms with Crippen LogP contribution in [0.25, 0.3) is 32.2 Å². The first-order valence-corrected chi connectivity index (χ1v) is 15.5. The number of aromatic nitrogens is 3. The summed E-state index contributed by atoms with van der Waals surface area (Å²) in [5.41, 5.74) is 2.87. The van der Waals surface area contributed by atoms with E-state index in [1.54, 1.807) is 0 Å². The predicted octanol–water partition coefficient (Wildman–Crippen LogP) is 5.81. The van der Waals surface area contributed by atoms with Crippen molar-refractivity contribution in [3.05, 3.63) is 48.1 Å². The molecule has 15 heteroatoms. The smallest absolute Gasteiger partial charge is 0.417 e. The molecule has 1 spiro atoms. The Labute approximate surface area is 263 Å². The minimum absolute atomic E-state index is 0.0510. The second-order valence-corrected chi connectivity index (χ2v) is 13.3. The number of nitrogen functional groups attached to an aromatic ring is 1. The molecule has 0 radical (unpaired) electrons. The minimum Gasteiger partial charge on any atom is -0.472 e. The van der Waals surface area contributed by atoms with E-state index in [4.69, 9.17) is 15.2 Å². The molecule has 2 unspecified atom stereocenters. The summed E-state index contributed by atoms with van der Waals surface area (Å²) in [6, 6.07) is 2.50. The highest BCUT2D eigenvalue weighted by Crippen LogP contribution is 2.54. The van der Waals surface area contributed by atoms with Gasteiger partial charge in [0.25, 0.3) is 0 Å². The third-order valence-corrected chi connectivity index (χ3v) is 10.0. The number of amides is 1. The SMILES string of the molecule is C=CC(=O)N1CCC(Oc2nc(OCC3CC4(CC4)CN3C)nc3c(F)c(-c4ccc(F)c5sc(N)nc45)c(C(F)(F)F)cc23)C1. The first-order valence-electron chi connectivity index (χ1n) is 14.7. The number of anilines is 1. The number of carbonyl (C=O) groups excluding carboxylic acids is 1. The van der Waals surface area contributed by atoms with Crippen LogP contribution in [0.2, 0.25) is 0 Å². The van der Waals surface area contributed by atoms with Crippen molar-refractivity contribution in [2.24, 2.45) is 5.41 Å². The van der Waals surface area contributed by atoms with Gasteiger partial charge in [-0.25, -0.2) is 13.8 Å². The monoisotopic (exact) mass is 660 g/mol. The molecule has 2 aromatic carbocycles. The Morgan fingerprint density at radius 3 is 2.70 bits per heavy atom. The summed E-state index contributed by atoms with van der Waals surface area (Å²) in [5.74, 6) is -2.71. The maximum Gasteiger partial charge on any atom is 0.417 e. The number of carbonyl (C=O) groups is 1. The number of benzene rings is 2. The second kappa shape index (κ2) is 11.0. The number of halogens is 5. The van der Waals surface area contributed by atoms with Crippen LogP contribution in [-0.4, -0.2) is 76.1 Å². The standard InChI is InChI=1S/C31H29F5N6O3S/c1-3-21(43)42-9-6-16(12-42)45-27-18-10-19(31(34,35)36)22(17-4-5-20(32)26-25(17)38-28(37)46-26)23(33)24(18)39-29(40-27)44-13-15-11-30(7-8-30)14-41(15)2/h3-5,10,15-16H,1,6-9,11-14H2,2H3,(H2,37,38). The Morgan fingerprint density at radius 2 is 2.00 bits per heavy atom. The zero-order valence-electron chi connectivity index (χ0n) is 24.7. The molecule has 2 atom stereocenters. The van der Waals surface area contributed by atoms with Gasteiger partial charge in [-0.3, -0.25) is 9.69 Å². The fourth-order valence-electron chi connectivity index (χ4n) is 6.60. The van der Waals surface area contributed by atoms with Crippen LogP contribution in [0, 0.1) is 17.0 Å². The molecule has 2 N–H and O–H groups in total. The molecule has 1 aliphatic carbocycles. The molecular formula is C31H29F5N6O3S. The number of nitrogens with zero attached hydrogens (tertiary/aromatic N) is 5. The quantitative estimate of drug-likeness (QED) is 0.196. The highest BCUT2D eigenvalue weighted by molar-refractivity contribution is 7.22. The van der Waals surface area contributed by atoms with Crippen LogP contribution in [0.15, 0.2) is 30.9 Å². The van der Waals surface area contributed by atoms with E-state index in [-0.39, 0.29) is 68.7 Å². The molecule has 9 nitrogen and oxygen atoms in total. The van der Waals surface area contributed by atoms with E-state index in [2.05, 4.69) is 26.4 Å². The summed E-state index contributed by atoms with van der Waals surface area (Å²) in [5, 5.41) is -0.421. The normalized spacial score (nSPS) is 21.0. The summed E-state index contributed by atoms with van der Waals surface area (Å²) >= 11 is 0.744. The van der Waals surface area contributed by atoms with Gasteiger partial charge in [-0.05, 0) is 56.0 Å². The fourth-order valence-corrected chi connectivity index (χ4v) is 7.36. The molecule has 46 heavy (non-hydrogen) atoms. The average Bonchev–Trinajstić information content (AvgIpc) is 3.29. The average molecular weight is 661 g/mol. The number of likely N-dealkylation sites (tertiary alicyclic amines) is 2. The lowest BCUT2D eigenvalue weighted by Crippen LogP contribution is -2.31. The van der Waals surface area contributed by atoms with Crippen molar-refractivity contribution in [1.82, 2.24) is 24.8 Å². The van der Waals surface area contributed by atoms with E-state index in [1.165, 1.54) is 4.90 Å². The number of hydrogen-bond acceptors (Lipinski definition) is 9. The third kappa shape index (κ3) is 5.38. The first kappa shape index (κ1) is 30.5. The molecule has 1 amide bonds. The summed E-state index contributed by atoms with van der Waals surface area (Å²) in [7, 11) is 1.99. The zero-order chi connectivity index (χ0) is 32.5. The Morgan fingerprint density at radius 1 is 1.22 bits per heavy atom. The Kier molecular flexibility index (Phi) is 7.31. The van der Waals surface area contributed by atoms with E-state index in [9.17, 15) is 22.4 Å². The predicted molar refractivity (Wildman–Crippen MR) is 161 cm³/mol. The van der Waals surface area contributed by atoms with Crippen molar-refractivity contribution in [3.63, 3.8) is 0 Å². The van der Waals surface area contributed by atoms with Crippen LogP contribution in [0.3, 0.4) is 0 Å². The number of thiazole rings is 1. The summed E-state index contributed by atoms with van der Waals surface area (Å²) in [6.45, 7) is 5.06. The van der Waals surface area contributed by atoms with Gasteiger partial charge in [0.05, 0.1) is 27.7 Å². The molecule has 242 valence electrons. The molecular weight excluding hydrogens is 631 g/mol. The van der Waals surface area contributed by atoms with Crippen molar-refractivity contribution < 1.29 is 36.2 Å². The third-order valence-electron chi connectivity index (χ3n) is 9.11. The molecule has 3 aliphatic rings.